The predicted molar refractivity (Wildman–Crippen MR) is 63.9 cm³/mol. The molecule has 2 nitrogen and oxygen atoms in total. The maximum Gasteiger partial charge on any atom is 0.195 e. The van der Waals surface area contributed by atoms with E-state index in [0.29, 0.717) is 21.0 Å². The number of carbonyl (C=O) groups is 1. The van der Waals surface area contributed by atoms with Crippen molar-refractivity contribution in [2.45, 2.75) is 0 Å². The molecule has 0 spiro atoms. The van der Waals surface area contributed by atoms with E-state index in [1.165, 1.54) is 11.3 Å². The number of carbonyl (C=O) groups excluding carboxylic acids is 1. The number of thiophene rings is 1. The fourth-order valence-corrected chi connectivity index (χ4v) is 2.14. The summed E-state index contributed by atoms with van der Waals surface area (Å²) in [5.74, 6) is -0.144. The van der Waals surface area contributed by atoms with Gasteiger partial charge in [-0.15, -0.1) is 11.3 Å². The van der Waals surface area contributed by atoms with Crippen LogP contribution in [-0.2, 0) is 0 Å². The Balaban J connectivity index is 2.40. The lowest BCUT2D eigenvalue weighted by Gasteiger charge is -1.99. The normalized spacial score (nSPS) is 9.75. The Bertz CT molecular complexity index is 565. The molecule has 0 radical (unpaired) electrons. The Morgan fingerprint density at radius 2 is 1.94 bits per heavy atom. The predicted octanol–water partition coefficient (Wildman–Crippen LogP) is 3.50. The maximum atomic E-state index is 12.0. The summed E-state index contributed by atoms with van der Waals surface area (Å²) in [4.78, 5) is 12.5. The second kappa shape index (κ2) is 4.48. The first-order chi connectivity index (χ1) is 7.72. The second-order valence-corrected chi connectivity index (χ2v) is 4.46. The summed E-state index contributed by atoms with van der Waals surface area (Å²) < 4.78 is 0. The molecular formula is C12H6ClNOS. The fraction of sp³-hybridized carbons (Fsp3) is 0. The number of nitriles is 1. The summed E-state index contributed by atoms with van der Waals surface area (Å²) in [7, 11) is 0. The van der Waals surface area contributed by atoms with E-state index >= 15 is 0 Å². The summed E-state index contributed by atoms with van der Waals surface area (Å²) in [6.07, 6.45) is 0. The molecule has 0 saturated carbocycles. The van der Waals surface area contributed by atoms with Crippen molar-refractivity contribution in [1.29, 1.82) is 5.26 Å². The summed E-state index contributed by atoms with van der Waals surface area (Å²) >= 11 is 7.01. The van der Waals surface area contributed by atoms with E-state index in [4.69, 9.17) is 16.9 Å². The summed E-state index contributed by atoms with van der Waals surface area (Å²) in [6.45, 7) is 0. The molecule has 0 saturated heterocycles. The van der Waals surface area contributed by atoms with Crippen molar-refractivity contribution in [3.8, 4) is 6.07 Å². The number of halogens is 1. The van der Waals surface area contributed by atoms with Crippen LogP contribution < -0.4 is 0 Å². The average molecular weight is 248 g/mol. The lowest BCUT2D eigenvalue weighted by molar-refractivity contribution is 0.103. The van der Waals surface area contributed by atoms with E-state index in [9.17, 15) is 4.79 Å². The third-order valence-electron chi connectivity index (χ3n) is 2.12. The van der Waals surface area contributed by atoms with Gasteiger partial charge in [0.2, 0.25) is 0 Å². The summed E-state index contributed by atoms with van der Waals surface area (Å²) in [5, 5.41) is 11.2. The van der Waals surface area contributed by atoms with Gasteiger partial charge in [-0.05, 0) is 35.7 Å². The van der Waals surface area contributed by atoms with Gasteiger partial charge in [0.05, 0.1) is 5.56 Å². The van der Waals surface area contributed by atoms with Gasteiger partial charge in [-0.3, -0.25) is 4.79 Å². The molecule has 1 aromatic carbocycles. The molecule has 0 atom stereocenters. The van der Waals surface area contributed by atoms with Crippen LogP contribution in [0.25, 0.3) is 0 Å². The van der Waals surface area contributed by atoms with Crippen molar-refractivity contribution in [2.24, 2.45) is 0 Å². The van der Waals surface area contributed by atoms with Gasteiger partial charge in [0.25, 0.3) is 0 Å². The first-order valence-corrected chi connectivity index (χ1v) is 5.76. The number of rotatable bonds is 2. The van der Waals surface area contributed by atoms with Gasteiger partial charge in [0, 0.05) is 10.6 Å². The molecule has 0 fully saturated rings. The van der Waals surface area contributed by atoms with E-state index in [1.807, 2.05) is 6.07 Å². The summed E-state index contributed by atoms with van der Waals surface area (Å²) in [6, 6.07) is 10.3. The van der Waals surface area contributed by atoms with Crippen molar-refractivity contribution in [3.05, 3.63) is 56.7 Å². The van der Waals surface area contributed by atoms with Crippen LogP contribution in [0, 0.1) is 11.3 Å². The van der Waals surface area contributed by atoms with Gasteiger partial charge in [-0.2, -0.15) is 5.26 Å². The molecule has 1 heterocycles. The molecular weight excluding hydrogens is 242 g/mol. The Hall–Kier alpha value is -1.63. The maximum absolute atomic E-state index is 12.0. The lowest BCUT2D eigenvalue weighted by atomic mass is 10.0. The average Bonchev–Trinajstić information content (AvgIpc) is 2.77. The molecule has 0 bridgehead atoms. The first kappa shape index (κ1) is 10.9. The van der Waals surface area contributed by atoms with Crippen LogP contribution >= 0.6 is 22.9 Å². The van der Waals surface area contributed by atoms with Gasteiger partial charge in [0.1, 0.15) is 10.9 Å². The molecule has 2 aromatic rings. The van der Waals surface area contributed by atoms with Gasteiger partial charge < -0.3 is 0 Å². The highest BCUT2D eigenvalue weighted by Crippen LogP contribution is 2.20. The quantitative estimate of drug-likeness (QED) is 0.762. The molecule has 0 amide bonds. The van der Waals surface area contributed by atoms with Crippen LogP contribution in [0.5, 0.6) is 0 Å². The standard InChI is InChI=1S/C12H6ClNOS/c13-9-3-1-8(2-4-9)12(15)10-5-6-16-11(10)7-14/h1-6H. The van der Waals surface area contributed by atoms with E-state index in [1.54, 1.807) is 35.7 Å². The Labute approximate surface area is 102 Å². The highest BCUT2D eigenvalue weighted by molar-refractivity contribution is 7.10. The van der Waals surface area contributed by atoms with Gasteiger partial charge >= 0.3 is 0 Å². The molecule has 4 heteroatoms. The fourth-order valence-electron chi connectivity index (χ4n) is 1.33. The van der Waals surface area contributed by atoms with Gasteiger partial charge in [0.15, 0.2) is 5.78 Å². The molecule has 2 rings (SSSR count). The zero-order valence-electron chi connectivity index (χ0n) is 8.11. The number of hydrogen-bond donors (Lipinski definition) is 0. The van der Waals surface area contributed by atoms with Gasteiger partial charge in [-0.25, -0.2) is 0 Å². The van der Waals surface area contributed by atoms with Crippen molar-refractivity contribution in [1.82, 2.24) is 0 Å². The Morgan fingerprint density at radius 3 is 2.56 bits per heavy atom. The third kappa shape index (κ3) is 1.99. The Morgan fingerprint density at radius 1 is 1.25 bits per heavy atom. The highest BCUT2D eigenvalue weighted by Gasteiger charge is 2.14. The monoisotopic (exact) mass is 247 g/mol. The topological polar surface area (TPSA) is 40.9 Å². The second-order valence-electron chi connectivity index (χ2n) is 3.11. The van der Waals surface area contributed by atoms with Gasteiger partial charge in [-0.1, -0.05) is 11.6 Å². The third-order valence-corrected chi connectivity index (χ3v) is 3.19. The first-order valence-electron chi connectivity index (χ1n) is 4.50. The molecule has 78 valence electrons. The number of nitrogens with zero attached hydrogens (tertiary/aromatic N) is 1. The zero-order chi connectivity index (χ0) is 11.5. The zero-order valence-corrected chi connectivity index (χ0v) is 9.68. The highest BCUT2D eigenvalue weighted by atomic mass is 35.5. The van der Waals surface area contributed by atoms with Crippen LogP contribution in [0.15, 0.2) is 35.7 Å². The van der Waals surface area contributed by atoms with E-state index in [0.717, 1.165) is 0 Å². The van der Waals surface area contributed by atoms with Crippen LogP contribution in [0.2, 0.25) is 5.02 Å². The molecule has 0 N–H and O–H groups in total. The lowest BCUT2D eigenvalue weighted by Crippen LogP contribution is -2.00. The smallest absolute Gasteiger partial charge is 0.195 e. The number of ketones is 1. The molecule has 0 aliphatic heterocycles. The van der Waals surface area contributed by atoms with Crippen molar-refractivity contribution in [3.63, 3.8) is 0 Å². The van der Waals surface area contributed by atoms with Crippen molar-refractivity contribution in [2.75, 3.05) is 0 Å². The van der Waals surface area contributed by atoms with Crippen molar-refractivity contribution < 1.29 is 4.79 Å². The van der Waals surface area contributed by atoms with Crippen LogP contribution in [-0.4, -0.2) is 5.78 Å². The van der Waals surface area contributed by atoms with E-state index < -0.39 is 0 Å². The molecule has 0 aliphatic rings. The number of hydrogen-bond acceptors (Lipinski definition) is 3. The largest absolute Gasteiger partial charge is 0.289 e. The van der Waals surface area contributed by atoms with Crippen LogP contribution in [0.3, 0.4) is 0 Å². The van der Waals surface area contributed by atoms with E-state index in [-0.39, 0.29) is 5.78 Å². The number of benzene rings is 1. The molecule has 0 unspecified atom stereocenters. The minimum absolute atomic E-state index is 0.144. The minimum atomic E-state index is -0.144. The van der Waals surface area contributed by atoms with Crippen LogP contribution in [0.1, 0.15) is 20.8 Å². The molecule has 1 aromatic heterocycles. The molecule has 16 heavy (non-hydrogen) atoms. The summed E-state index contributed by atoms with van der Waals surface area (Å²) in [5.41, 5.74) is 0.995. The van der Waals surface area contributed by atoms with Crippen LogP contribution in [0.4, 0.5) is 0 Å². The van der Waals surface area contributed by atoms with Crippen molar-refractivity contribution >= 4 is 28.7 Å². The molecule has 0 aliphatic carbocycles. The Kier molecular flexibility index (Phi) is 3.04. The van der Waals surface area contributed by atoms with E-state index in [2.05, 4.69) is 0 Å². The minimum Gasteiger partial charge on any atom is -0.289 e. The SMILES string of the molecule is N#Cc1sccc1C(=O)c1ccc(Cl)cc1.